The van der Waals surface area contributed by atoms with E-state index >= 15 is 0 Å². The van der Waals surface area contributed by atoms with Crippen LogP contribution in [-0.2, 0) is 17.9 Å². The van der Waals surface area contributed by atoms with Crippen LogP contribution in [0.3, 0.4) is 0 Å². The number of carbonyl (C=O) groups is 1. The number of anilines is 1. The molecule has 2 aromatic heterocycles. The van der Waals surface area contributed by atoms with Crippen LogP contribution in [0.1, 0.15) is 24.7 Å². The molecule has 0 unspecified atom stereocenters. The van der Waals surface area contributed by atoms with Crippen molar-refractivity contribution in [2.24, 2.45) is 0 Å². The Labute approximate surface area is 197 Å². The zero-order valence-electron chi connectivity index (χ0n) is 19.0. The third-order valence-electron chi connectivity index (χ3n) is 5.79. The molecule has 7 nitrogen and oxygen atoms in total. The monoisotopic (exact) mass is 453 g/mol. The summed E-state index contributed by atoms with van der Waals surface area (Å²) >= 11 is 0. The van der Waals surface area contributed by atoms with Crippen LogP contribution in [0.5, 0.6) is 0 Å². The minimum atomic E-state index is -0.343. The second-order valence-corrected chi connectivity index (χ2v) is 8.41. The Morgan fingerprint density at radius 3 is 2.65 bits per heavy atom. The van der Waals surface area contributed by atoms with Gasteiger partial charge in [-0.05, 0) is 48.4 Å². The second kappa shape index (κ2) is 9.31. The molecule has 0 saturated heterocycles. The quantitative estimate of drug-likeness (QED) is 0.269. The maximum absolute atomic E-state index is 12.7. The fourth-order valence-corrected chi connectivity index (χ4v) is 4.10. The number of H-pyrrole nitrogens is 2. The van der Waals surface area contributed by atoms with Gasteiger partial charge < -0.3 is 25.3 Å². The maximum atomic E-state index is 12.7. The summed E-state index contributed by atoms with van der Waals surface area (Å²) < 4.78 is 5.54. The average Bonchev–Trinajstić information content (AvgIpc) is 3.45. The maximum Gasteiger partial charge on any atom is 0.410 e. The number of fused-ring (bicyclic) bond motifs is 2. The summed E-state index contributed by atoms with van der Waals surface area (Å²) in [5, 5.41) is 1.07. The van der Waals surface area contributed by atoms with Crippen molar-refractivity contribution in [3.05, 3.63) is 84.2 Å². The first-order valence-electron chi connectivity index (χ1n) is 11.4. The van der Waals surface area contributed by atoms with Crippen LogP contribution in [0, 0.1) is 0 Å². The molecule has 172 valence electrons. The standard InChI is InChI=1S/C27H27N5O2/c1-2-12-32(27(33)34-17-18-6-4-3-5-7-18)16-26-30-23-10-8-19(14-25(23)31-26)24-15-20-13-21(28)9-11-22(20)29-24/h3-11,13-15,29H,2,12,16-17,28H2,1H3,(H,30,31). The van der Waals surface area contributed by atoms with Crippen molar-refractivity contribution >= 4 is 33.7 Å². The van der Waals surface area contributed by atoms with Gasteiger partial charge in [0.15, 0.2) is 0 Å². The number of aromatic nitrogens is 3. The number of nitrogen functional groups attached to an aromatic ring is 1. The Morgan fingerprint density at radius 2 is 1.82 bits per heavy atom. The van der Waals surface area contributed by atoms with E-state index in [4.69, 9.17) is 15.5 Å². The molecule has 0 radical (unpaired) electrons. The normalized spacial score (nSPS) is 11.2. The van der Waals surface area contributed by atoms with E-state index in [0.29, 0.717) is 13.1 Å². The Hall–Kier alpha value is -4.26. The first-order chi connectivity index (χ1) is 16.6. The van der Waals surface area contributed by atoms with Crippen molar-refractivity contribution in [1.82, 2.24) is 19.9 Å². The molecule has 0 aliphatic carbocycles. The van der Waals surface area contributed by atoms with E-state index in [1.54, 1.807) is 4.90 Å². The average molecular weight is 454 g/mol. The number of benzene rings is 3. The molecule has 1 amide bonds. The van der Waals surface area contributed by atoms with Crippen molar-refractivity contribution < 1.29 is 9.53 Å². The number of ether oxygens (including phenoxy) is 1. The van der Waals surface area contributed by atoms with Gasteiger partial charge in [-0.3, -0.25) is 0 Å². The summed E-state index contributed by atoms with van der Waals surface area (Å²) in [5.74, 6) is 0.724. The summed E-state index contributed by atoms with van der Waals surface area (Å²) in [4.78, 5) is 25.9. The lowest BCUT2D eigenvalue weighted by molar-refractivity contribution is 0.0928. The highest BCUT2D eigenvalue weighted by atomic mass is 16.6. The van der Waals surface area contributed by atoms with Crippen molar-refractivity contribution in [1.29, 1.82) is 0 Å². The first kappa shape index (κ1) is 21.6. The Balaban J connectivity index is 1.33. The predicted molar refractivity (Wildman–Crippen MR) is 135 cm³/mol. The van der Waals surface area contributed by atoms with Crippen LogP contribution in [-0.4, -0.2) is 32.5 Å². The summed E-state index contributed by atoms with van der Waals surface area (Å²) in [6.45, 7) is 3.24. The molecule has 0 aliphatic rings. The topological polar surface area (TPSA) is 100 Å². The molecular formula is C27H27N5O2. The zero-order chi connectivity index (χ0) is 23.5. The van der Waals surface area contributed by atoms with Crippen molar-refractivity contribution in [2.75, 3.05) is 12.3 Å². The number of nitrogens with one attached hydrogen (secondary N) is 2. The van der Waals surface area contributed by atoms with Gasteiger partial charge in [0.25, 0.3) is 0 Å². The lowest BCUT2D eigenvalue weighted by Crippen LogP contribution is -2.32. The fraction of sp³-hybridized carbons (Fsp3) is 0.185. The summed E-state index contributed by atoms with van der Waals surface area (Å²) in [6.07, 6.45) is 0.486. The van der Waals surface area contributed by atoms with Crippen LogP contribution in [0.2, 0.25) is 0 Å². The third-order valence-corrected chi connectivity index (χ3v) is 5.79. The molecule has 5 aromatic rings. The van der Waals surface area contributed by atoms with Gasteiger partial charge in [-0.15, -0.1) is 0 Å². The van der Waals surface area contributed by atoms with Gasteiger partial charge in [0.1, 0.15) is 12.4 Å². The first-order valence-corrected chi connectivity index (χ1v) is 11.4. The van der Waals surface area contributed by atoms with Crippen LogP contribution >= 0.6 is 0 Å². The van der Waals surface area contributed by atoms with Gasteiger partial charge in [0.2, 0.25) is 0 Å². The summed E-state index contributed by atoms with van der Waals surface area (Å²) in [6, 6.07) is 23.7. The molecule has 0 spiro atoms. The van der Waals surface area contributed by atoms with Gasteiger partial charge in [-0.1, -0.05) is 43.3 Å². The molecule has 0 bridgehead atoms. The highest BCUT2D eigenvalue weighted by Crippen LogP contribution is 2.27. The highest BCUT2D eigenvalue weighted by Gasteiger charge is 2.17. The van der Waals surface area contributed by atoms with Crippen LogP contribution in [0.4, 0.5) is 10.5 Å². The summed E-state index contributed by atoms with van der Waals surface area (Å²) in [7, 11) is 0. The Bertz CT molecular complexity index is 1440. The van der Waals surface area contributed by atoms with Crippen LogP contribution < -0.4 is 5.73 Å². The summed E-state index contributed by atoms with van der Waals surface area (Å²) in [5.41, 5.74) is 12.5. The minimum Gasteiger partial charge on any atom is -0.445 e. The molecule has 7 heteroatoms. The predicted octanol–water partition coefficient (Wildman–Crippen LogP) is 5.84. The number of imidazole rings is 1. The van der Waals surface area contributed by atoms with Crippen LogP contribution in [0.15, 0.2) is 72.8 Å². The molecule has 5 rings (SSSR count). The molecule has 2 heterocycles. The Kier molecular flexibility index (Phi) is 5.91. The largest absolute Gasteiger partial charge is 0.445 e. The fourth-order valence-electron chi connectivity index (χ4n) is 4.10. The van der Waals surface area contributed by atoms with E-state index in [1.807, 2.05) is 67.6 Å². The second-order valence-electron chi connectivity index (χ2n) is 8.41. The van der Waals surface area contributed by atoms with Gasteiger partial charge in [-0.2, -0.15) is 0 Å². The minimum absolute atomic E-state index is 0.250. The smallest absolute Gasteiger partial charge is 0.410 e. The highest BCUT2D eigenvalue weighted by molar-refractivity contribution is 5.90. The number of carbonyl (C=O) groups excluding carboxylic acids is 1. The SMILES string of the molecule is CCCN(Cc1nc2cc(-c3cc4cc(N)ccc4[nH]3)ccc2[nH]1)C(=O)OCc1ccccc1. The number of nitrogens with two attached hydrogens (primary N) is 1. The van der Waals surface area contributed by atoms with Gasteiger partial charge >= 0.3 is 6.09 Å². The van der Waals surface area contributed by atoms with E-state index < -0.39 is 0 Å². The van der Waals surface area contributed by atoms with E-state index in [9.17, 15) is 4.79 Å². The van der Waals surface area contributed by atoms with Gasteiger partial charge in [0.05, 0.1) is 17.6 Å². The van der Waals surface area contributed by atoms with E-state index in [1.165, 1.54) is 0 Å². The number of rotatable bonds is 7. The van der Waals surface area contributed by atoms with Crippen LogP contribution in [0.25, 0.3) is 33.2 Å². The molecule has 0 atom stereocenters. The molecular weight excluding hydrogens is 426 g/mol. The lowest BCUT2D eigenvalue weighted by Gasteiger charge is -2.20. The number of aromatic amines is 2. The molecule has 4 N–H and O–H groups in total. The molecule has 0 fully saturated rings. The lowest BCUT2D eigenvalue weighted by atomic mass is 10.1. The number of hydrogen-bond donors (Lipinski definition) is 3. The number of hydrogen-bond acceptors (Lipinski definition) is 4. The van der Waals surface area contributed by atoms with Crippen molar-refractivity contribution in [3.8, 4) is 11.3 Å². The van der Waals surface area contributed by atoms with Gasteiger partial charge in [-0.25, -0.2) is 9.78 Å². The molecule has 0 saturated carbocycles. The third kappa shape index (κ3) is 4.59. The van der Waals surface area contributed by atoms with E-state index in [0.717, 1.165) is 56.7 Å². The van der Waals surface area contributed by atoms with Crippen molar-refractivity contribution in [3.63, 3.8) is 0 Å². The van der Waals surface area contributed by atoms with E-state index in [2.05, 4.69) is 22.1 Å². The van der Waals surface area contributed by atoms with E-state index in [-0.39, 0.29) is 12.7 Å². The van der Waals surface area contributed by atoms with Gasteiger partial charge in [0, 0.05) is 34.4 Å². The number of amides is 1. The Morgan fingerprint density at radius 1 is 1.00 bits per heavy atom. The molecule has 0 aliphatic heterocycles. The zero-order valence-corrected chi connectivity index (χ0v) is 19.0. The van der Waals surface area contributed by atoms with Crippen molar-refractivity contribution in [2.45, 2.75) is 26.5 Å². The molecule has 34 heavy (non-hydrogen) atoms. The molecule has 3 aromatic carbocycles. The number of nitrogens with zero attached hydrogens (tertiary/aromatic N) is 2.